The Morgan fingerprint density at radius 1 is 1.50 bits per heavy atom. The molecule has 5 nitrogen and oxygen atoms in total. The third kappa shape index (κ3) is 3.31. The second-order valence-corrected chi connectivity index (χ2v) is 6.23. The Hall–Kier alpha value is -0.910. The predicted molar refractivity (Wildman–Crippen MR) is 72.7 cm³/mol. The number of nitrogens with zero attached hydrogens (tertiary/aromatic N) is 2. The van der Waals surface area contributed by atoms with Gasteiger partial charge in [0.2, 0.25) is 0 Å². The molecular weight excluding hydrogens is 252 g/mol. The third-order valence-electron chi connectivity index (χ3n) is 2.91. The first-order valence-corrected chi connectivity index (χ1v) is 7.31. The Balaban J connectivity index is 2.81. The highest BCUT2D eigenvalue weighted by molar-refractivity contribution is 8.00. The molecule has 2 atom stereocenters. The highest BCUT2D eigenvalue weighted by Crippen LogP contribution is 2.32. The zero-order chi connectivity index (χ0) is 13.9. The highest BCUT2D eigenvalue weighted by atomic mass is 32.2. The lowest BCUT2D eigenvalue weighted by atomic mass is 10.2. The van der Waals surface area contributed by atoms with Crippen LogP contribution >= 0.6 is 11.8 Å². The minimum absolute atomic E-state index is 0.0202. The van der Waals surface area contributed by atoms with Gasteiger partial charge in [0.15, 0.2) is 0 Å². The maximum Gasteiger partial charge on any atom is 0.327 e. The summed E-state index contributed by atoms with van der Waals surface area (Å²) in [4.78, 5) is 26.7. The normalized spacial score (nSPS) is 23.5. The fourth-order valence-electron chi connectivity index (χ4n) is 2.15. The number of carboxylic acid groups (broad SMARTS) is 1. The summed E-state index contributed by atoms with van der Waals surface area (Å²) in [5.74, 6) is -0.0583. The number of carboxylic acids is 1. The minimum Gasteiger partial charge on any atom is -0.480 e. The second-order valence-electron chi connectivity index (χ2n) is 5.01. The van der Waals surface area contributed by atoms with Gasteiger partial charge in [-0.25, -0.2) is 9.59 Å². The fourth-order valence-corrected chi connectivity index (χ4v) is 3.49. The fraction of sp³-hybridized carbons (Fsp3) is 0.833. The lowest BCUT2D eigenvalue weighted by Crippen LogP contribution is -2.51. The Morgan fingerprint density at radius 3 is 2.56 bits per heavy atom. The number of urea groups is 1. The molecule has 18 heavy (non-hydrogen) atoms. The number of carbonyl (C=O) groups excluding carboxylic acids is 1. The van der Waals surface area contributed by atoms with Gasteiger partial charge in [-0.15, -0.1) is 11.8 Å². The van der Waals surface area contributed by atoms with Gasteiger partial charge in [0, 0.05) is 19.3 Å². The molecule has 0 spiro atoms. The van der Waals surface area contributed by atoms with Crippen LogP contribution in [0.1, 0.15) is 27.2 Å². The van der Waals surface area contributed by atoms with Crippen molar-refractivity contribution >= 4 is 23.8 Å². The standard InChI is InChI=1S/C12H22N2O3S/c1-5-10-14(9(7-18-10)11(15)16)12(17)13(4)6-8(2)3/h8-10H,5-7H2,1-4H3,(H,15,16). The predicted octanol–water partition coefficient (Wildman–Crippen LogP) is 1.93. The van der Waals surface area contributed by atoms with Crippen molar-refractivity contribution in [1.29, 1.82) is 0 Å². The minimum atomic E-state index is -0.912. The summed E-state index contributed by atoms with van der Waals surface area (Å²) in [7, 11) is 1.73. The molecule has 0 aromatic carbocycles. The van der Waals surface area contributed by atoms with Crippen LogP contribution in [0.25, 0.3) is 0 Å². The molecule has 0 bridgehead atoms. The molecule has 1 N–H and O–H groups in total. The molecular formula is C12H22N2O3S. The van der Waals surface area contributed by atoms with Crippen LogP contribution in [0.5, 0.6) is 0 Å². The number of aliphatic carboxylic acids is 1. The zero-order valence-electron chi connectivity index (χ0n) is 11.4. The lowest BCUT2D eigenvalue weighted by molar-refractivity contribution is -0.141. The Bertz CT molecular complexity index is 322. The molecule has 2 unspecified atom stereocenters. The van der Waals surface area contributed by atoms with Crippen LogP contribution in [0, 0.1) is 5.92 Å². The van der Waals surface area contributed by atoms with E-state index in [2.05, 4.69) is 0 Å². The van der Waals surface area contributed by atoms with Gasteiger partial charge in [0.25, 0.3) is 0 Å². The van der Waals surface area contributed by atoms with Gasteiger partial charge in [0.05, 0.1) is 5.37 Å². The molecule has 1 fully saturated rings. The van der Waals surface area contributed by atoms with Gasteiger partial charge < -0.3 is 10.0 Å². The molecule has 104 valence electrons. The Kier molecular flexibility index (Phi) is 5.31. The van der Waals surface area contributed by atoms with Gasteiger partial charge in [-0.2, -0.15) is 0 Å². The van der Waals surface area contributed by atoms with Gasteiger partial charge in [-0.3, -0.25) is 4.90 Å². The first-order chi connectivity index (χ1) is 8.38. The molecule has 1 rings (SSSR count). The molecule has 0 saturated carbocycles. The molecule has 0 aliphatic carbocycles. The summed E-state index contributed by atoms with van der Waals surface area (Å²) in [6, 6.07) is -0.866. The van der Waals surface area contributed by atoms with Crippen molar-refractivity contribution in [3.05, 3.63) is 0 Å². The van der Waals surface area contributed by atoms with E-state index in [1.807, 2.05) is 20.8 Å². The number of rotatable bonds is 4. The summed E-state index contributed by atoms with van der Waals surface area (Å²) in [5.41, 5.74) is 0. The van der Waals surface area contributed by atoms with Gasteiger partial charge in [-0.05, 0) is 12.3 Å². The van der Waals surface area contributed by atoms with Crippen molar-refractivity contribution in [3.8, 4) is 0 Å². The van der Waals surface area contributed by atoms with E-state index in [0.717, 1.165) is 6.42 Å². The van der Waals surface area contributed by atoms with Crippen molar-refractivity contribution in [2.24, 2.45) is 5.92 Å². The van der Waals surface area contributed by atoms with Crippen LogP contribution in [0.15, 0.2) is 0 Å². The average molecular weight is 274 g/mol. The monoisotopic (exact) mass is 274 g/mol. The SMILES string of the molecule is CCC1SCC(C(=O)O)N1C(=O)N(C)CC(C)C. The van der Waals surface area contributed by atoms with Crippen LogP contribution in [-0.4, -0.2) is 57.7 Å². The van der Waals surface area contributed by atoms with E-state index in [4.69, 9.17) is 0 Å². The maximum absolute atomic E-state index is 12.3. The van der Waals surface area contributed by atoms with E-state index in [1.54, 1.807) is 23.7 Å². The van der Waals surface area contributed by atoms with E-state index < -0.39 is 12.0 Å². The quantitative estimate of drug-likeness (QED) is 0.851. The molecule has 6 heteroatoms. The van der Waals surface area contributed by atoms with E-state index in [9.17, 15) is 14.7 Å². The van der Waals surface area contributed by atoms with Gasteiger partial charge in [0.1, 0.15) is 6.04 Å². The number of amides is 2. The summed E-state index contributed by atoms with van der Waals surface area (Å²) in [6.45, 7) is 6.69. The average Bonchev–Trinajstić information content (AvgIpc) is 2.70. The number of carbonyl (C=O) groups is 2. The second kappa shape index (κ2) is 6.31. The van der Waals surface area contributed by atoms with Crippen molar-refractivity contribution in [2.45, 2.75) is 38.6 Å². The summed E-state index contributed by atoms with van der Waals surface area (Å²) >= 11 is 1.55. The number of thioether (sulfide) groups is 1. The summed E-state index contributed by atoms with van der Waals surface area (Å²) in [5, 5.41) is 9.16. The van der Waals surface area contributed by atoms with E-state index in [0.29, 0.717) is 18.2 Å². The maximum atomic E-state index is 12.3. The molecule has 2 amide bonds. The Labute approximate surface area is 113 Å². The molecule has 1 saturated heterocycles. The first-order valence-electron chi connectivity index (χ1n) is 6.26. The van der Waals surface area contributed by atoms with Crippen molar-refractivity contribution in [1.82, 2.24) is 9.80 Å². The topological polar surface area (TPSA) is 60.9 Å². The highest BCUT2D eigenvalue weighted by Gasteiger charge is 2.41. The van der Waals surface area contributed by atoms with Crippen molar-refractivity contribution in [3.63, 3.8) is 0 Å². The molecule has 1 aliphatic rings. The summed E-state index contributed by atoms with van der Waals surface area (Å²) in [6.07, 6.45) is 0.774. The smallest absolute Gasteiger partial charge is 0.327 e. The van der Waals surface area contributed by atoms with E-state index in [1.165, 1.54) is 4.90 Å². The van der Waals surface area contributed by atoms with Crippen LogP contribution in [-0.2, 0) is 4.79 Å². The lowest BCUT2D eigenvalue weighted by Gasteiger charge is -2.31. The van der Waals surface area contributed by atoms with Crippen LogP contribution in [0.2, 0.25) is 0 Å². The van der Waals surface area contributed by atoms with Crippen LogP contribution in [0.4, 0.5) is 4.79 Å². The van der Waals surface area contributed by atoms with Gasteiger partial charge in [-0.1, -0.05) is 20.8 Å². The molecule has 0 aromatic rings. The molecule has 0 radical (unpaired) electrons. The van der Waals surface area contributed by atoms with E-state index in [-0.39, 0.29) is 11.4 Å². The third-order valence-corrected chi connectivity index (χ3v) is 4.37. The summed E-state index contributed by atoms with van der Waals surface area (Å²) < 4.78 is 0. The Morgan fingerprint density at radius 2 is 2.11 bits per heavy atom. The zero-order valence-corrected chi connectivity index (χ0v) is 12.2. The largest absolute Gasteiger partial charge is 0.480 e. The number of hydrogen-bond donors (Lipinski definition) is 1. The van der Waals surface area contributed by atoms with Crippen LogP contribution in [0.3, 0.4) is 0 Å². The molecule has 1 heterocycles. The number of hydrogen-bond acceptors (Lipinski definition) is 3. The van der Waals surface area contributed by atoms with Crippen LogP contribution < -0.4 is 0 Å². The first kappa shape index (κ1) is 15.1. The van der Waals surface area contributed by atoms with Crippen molar-refractivity contribution < 1.29 is 14.7 Å². The molecule has 1 aliphatic heterocycles. The van der Waals surface area contributed by atoms with E-state index >= 15 is 0 Å². The van der Waals surface area contributed by atoms with Crippen molar-refractivity contribution in [2.75, 3.05) is 19.3 Å². The van der Waals surface area contributed by atoms with Gasteiger partial charge >= 0.3 is 12.0 Å². The molecule has 0 aromatic heterocycles.